The Bertz CT molecular complexity index is 528. The monoisotopic (exact) mass is 243 g/mol. The number of rotatable bonds is 2. The molecule has 5 nitrogen and oxygen atoms in total. The molecule has 0 aliphatic carbocycles. The van der Waals surface area contributed by atoms with Crippen molar-refractivity contribution in [1.82, 2.24) is 15.0 Å². The fraction of sp³-hybridized carbons (Fsp3) is 0.385. The van der Waals surface area contributed by atoms with Crippen LogP contribution >= 0.6 is 0 Å². The van der Waals surface area contributed by atoms with Crippen molar-refractivity contribution in [1.29, 1.82) is 0 Å². The van der Waals surface area contributed by atoms with Gasteiger partial charge in [-0.25, -0.2) is 9.97 Å². The van der Waals surface area contributed by atoms with Crippen LogP contribution in [0.25, 0.3) is 11.3 Å². The van der Waals surface area contributed by atoms with E-state index in [1.54, 1.807) is 6.20 Å². The molecule has 0 unspecified atom stereocenters. The third-order valence-electron chi connectivity index (χ3n) is 3.33. The van der Waals surface area contributed by atoms with E-state index in [1.165, 1.54) is 19.3 Å². The van der Waals surface area contributed by atoms with E-state index in [0.29, 0.717) is 5.95 Å². The number of nitrogens with two attached hydrogens (primary N) is 1. The van der Waals surface area contributed by atoms with Gasteiger partial charge in [0.1, 0.15) is 5.82 Å². The van der Waals surface area contributed by atoms with Crippen molar-refractivity contribution in [2.75, 3.05) is 23.7 Å². The number of piperidine rings is 1. The Kier molecular flexibility index (Phi) is 2.88. The van der Waals surface area contributed by atoms with Crippen molar-refractivity contribution >= 4 is 11.8 Å². The quantitative estimate of drug-likeness (QED) is 0.846. The van der Waals surface area contributed by atoms with Gasteiger partial charge in [0.2, 0.25) is 0 Å². The molecule has 1 aliphatic heterocycles. The molecule has 0 saturated carbocycles. The second-order valence-corrected chi connectivity index (χ2v) is 4.60. The van der Waals surface area contributed by atoms with Crippen LogP contribution in [0.4, 0.5) is 11.8 Å². The van der Waals surface area contributed by atoms with Gasteiger partial charge in [0.15, 0.2) is 5.95 Å². The number of imidazole rings is 1. The molecule has 3 N–H and O–H groups in total. The van der Waals surface area contributed by atoms with E-state index >= 15 is 0 Å². The van der Waals surface area contributed by atoms with E-state index in [4.69, 9.17) is 5.73 Å². The van der Waals surface area contributed by atoms with Gasteiger partial charge in [0.25, 0.3) is 0 Å². The van der Waals surface area contributed by atoms with Gasteiger partial charge in [-0.15, -0.1) is 0 Å². The molecule has 1 fully saturated rings. The zero-order chi connectivity index (χ0) is 12.4. The smallest absolute Gasteiger partial charge is 0.197 e. The van der Waals surface area contributed by atoms with Gasteiger partial charge in [-0.1, -0.05) is 0 Å². The fourth-order valence-electron chi connectivity index (χ4n) is 2.44. The Hall–Kier alpha value is -2.04. The number of anilines is 2. The van der Waals surface area contributed by atoms with Gasteiger partial charge in [-0.05, 0) is 31.4 Å². The Balaban J connectivity index is 1.99. The first-order valence-electron chi connectivity index (χ1n) is 6.35. The Morgan fingerprint density at radius 1 is 1.17 bits per heavy atom. The van der Waals surface area contributed by atoms with Crippen LogP contribution in [0.15, 0.2) is 24.5 Å². The molecule has 0 spiro atoms. The molecule has 2 aromatic rings. The first-order chi connectivity index (χ1) is 8.84. The molecule has 0 aromatic carbocycles. The van der Waals surface area contributed by atoms with Gasteiger partial charge < -0.3 is 15.6 Å². The van der Waals surface area contributed by atoms with Gasteiger partial charge in [-0.2, -0.15) is 0 Å². The lowest BCUT2D eigenvalue weighted by Crippen LogP contribution is -2.30. The average Bonchev–Trinajstić information content (AvgIpc) is 2.86. The highest BCUT2D eigenvalue weighted by Gasteiger charge is 2.17. The van der Waals surface area contributed by atoms with Crippen LogP contribution in [-0.4, -0.2) is 28.0 Å². The number of hydrogen-bond donors (Lipinski definition) is 2. The summed E-state index contributed by atoms with van der Waals surface area (Å²) < 4.78 is 0. The number of H-pyrrole nitrogens is 1. The summed E-state index contributed by atoms with van der Waals surface area (Å²) in [6, 6.07) is 4.00. The molecule has 1 saturated heterocycles. The molecule has 3 heterocycles. The summed E-state index contributed by atoms with van der Waals surface area (Å²) >= 11 is 0. The molecule has 1 aliphatic rings. The van der Waals surface area contributed by atoms with Crippen LogP contribution in [0.5, 0.6) is 0 Å². The molecule has 2 aromatic heterocycles. The Morgan fingerprint density at radius 2 is 2.00 bits per heavy atom. The lowest BCUT2D eigenvalue weighted by molar-refractivity contribution is 0.574. The zero-order valence-corrected chi connectivity index (χ0v) is 10.3. The summed E-state index contributed by atoms with van der Waals surface area (Å²) in [7, 11) is 0. The first-order valence-corrected chi connectivity index (χ1v) is 6.35. The predicted molar refractivity (Wildman–Crippen MR) is 72.3 cm³/mol. The van der Waals surface area contributed by atoms with Gasteiger partial charge in [0, 0.05) is 24.8 Å². The summed E-state index contributed by atoms with van der Waals surface area (Å²) in [4.78, 5) is 14.0. The summed E-state index contributed by atoms with van der Waals surface area (Å²) in [5.74, 6) is 1.47. The number of nitrogens with one attached hydrogen (secondary N) is 1. The minimum atomic E-state index is 0.443. The van der Waals surface area contributed by atoms with Gasteiger partial charge in [0.05, 0.1) is 11.9 Å². The van der Waals surface area contributed by atoms with E-state index < -0.39 is 0 Å². The number of aromatic nitrogens is 3. The lowest BCUT2D eigenvalue weighted by atomic mass is 10.1. The number of pyridine rings is 1. The van der Waals surface area contributed by atoms with E-state index in [1.807, 2.05) is 12.3 Å². The minimum Gasteiger partial charge on any atom is -0.369 e. The Labute approximate surface area is 106 Å². The highest BCUT2D eigenvalue weighted by Crippen LogP contribution is 2.29. The molecule has 5 heteroatoms. The molecular weight excluding hydrogens is 226 g/mol. The third kappa shape index (κ3) is 2.03. The minimum absolute atomic E-state index is 0.443. The maximum atomic E-state index is 5.64. The van der Waals surface area contributed by atoms with E-state index in [2.05, 4.69) is 25.9 Å². The second kappa shape index (κ2) is 4.68. The van der Waals surface area contributed by atoms with Crippen molar-refractivity contribution in [3.63, 3.8) is 0 Å². The summed E-state index contributed by atoms with van der Waals surface area (Å²) in [6.45, 7) is 2.15. The SMILES string of the molecule is Nc1ncc(-c2cccnc2N2CCCCC2)[nH]1. The molecule has 0 amide bonds. The van der Waals surface area contributed by atoms with Crippen molar-refractivity contribution in [2.45, 2.75) is 19.3 Å². The van der Waals surface area contributed by atoms with E-state index in [-0.39, 0.29) is 0 Å². The summed E-state index contributed by atoms with van der Waals surface area (Å²) in [5.41, 5.74) is 7.65. The van der Waals surface area contributed by atoms with Crippen LogP contribution in [0.1, 0.15) is 19.3 Å². The van der Waals surface area contributed by atoms with Crippen LogP contribution < -0.4 is 10.6 Å². The van der Waals surface area contributed by atoms with Crippen LogP contribution in [0.2, 0.25) is 0 Å². The highest BCUT2D eigenvalue weighted by atomic mass is 15.2. The molecule has 18 heavy (non-hydrogen) atoms. The second-order valence-electron chi connectivity index (χ2n) is 4.60. The summed E-state index contributed by atoms with van der Waals surface area (Å²) in [6.07, 6.45) is 7.39. The molecule has 0 bridgehead atoms. The first kappa shape index (κ1) is 11.1. The molecular formula is C13H17N5. The number of aromatic amines is 1. The normalized spacial score (nSPS) is 15.9. The van der Waals surface area contributed by atoms with E-state index in [0.717, 1.165) is 30.2 Å². The highest BCUT2D eigenvalue weighted by molar-refractivity contribution is 5.73. The largest absolute Gasteiger partial charge is 0.369 e. The standard InChI is InChI=1S/C13H17N5/c14-13-16-9-11(17-13)10-5-4-6-15-12(10)18-7-2-1-3-8-18/h4-6,9H,1-3,7-8H2,(H3,14,16,17). The van der Waals surface area contributed by atoms with Crippen LogP contribution in [-0.2, 0) is 0 Å². The average molecular weight is 243 g/mol. The Morgan fingerprint density at radius 3 is 2.72 bits per heavy atom. The lowest BCUT2D eigenvalue weighted by Gasteiger charge is -2.29. The maximum absolute atomic E-state index is 5.64. The van der Waals surface area contributed by atoms with E-state index in [9.17, 15) is 0 Å². The van der Waals surface area contributed by atoms with Gasteiger partial charge >= 0.3 is 0 Å². The van der Waals surface area contributed by atoms with Crippen molar-refractivity contribution < 1.29 is 0 Å². The van der Waals surface area contributed by atoms with Crippen LogP contribution in [0, 0.1) is 0 Å². The van der Waals surface area contributed by atoms with Crippen LogP contribution in [0.3, 0.4) is 0 Å². The molecule has 3 rings (SSSR count). The fourth-order valence-corrected chi connectivity index (χ4v) is 2.44. The summed E-state index contributed by atoms with van der Waals surface area (Å²) in [5, 5.41) is 0. The molecule has 94 valence electrons. The zero-order valence-electron chi connectivity index (χ0n) is 10.3. The van der Waals surface area contributed by atoms with Crippen molar-refractivity contribution in [2.24, 2.45) is 0 Å². The topological polar surface area (TPSA) is 70.8 Å². The van der Waals surface area contributed by atoms with Crippen molar-refractivity contribution in [3.8, 4) is 11.3 Å². The maximum Gasteiger partial charge on any atom is 0.197 e. The number of hydrogen-bond acceptors (Lipinski definition) is 4. The van der Waals surface area contributed by atoms with Crippen molar-refractivity contribution in [3.05, 3.63) is 24.5 Å². The number of nitrogens with zero attached hydrogens (tertiary/aromatic N) is 3. The molecule has 0 atom stereocenters. The number of nitrogen functional groups attached to an aromatic ring is 1. The predicted octanol–water partition coefficient (Wildman–Crippen LogP) is 2.04. The molecule has 0 radical (unpaired) electrons. The third-order valence-corrected chi connectivity index (χ3v) is 3.33. The van der Waals surface area contributed by atoms with Gasteiger partial charge in [-0.3, -0.25) is 0 Å².